The zero-order chi connectivity index (χ0) is 15.6. The summed E-state index contributed by atoms with van der Waals surface area (Å²) in [5.74, 6) is -1.09. The van der Waals surface area contributed by atoms with Crippen molar-refractivity contribution in [1.82, 2.24) is 10.3 Å². The molecular weight excluding hydrogens is 358 g/mol. The molecular formula is C15H17BrF2N2S. The largest absolute Gasteiger partial charge is 0.310 e. The van der Waals surface area contributed by atoms with E-state index in [-0.39, 0.29) is 5.56 Å². The number of hydrogen-bond acceptors (Lipinski definition) is 3. The summed E-state index contributed by atoms with van der Waals surface area (Å²) >= 11 is 4.68. The van der Waals surface area contributed by atoms with E-state index in [0.717, 1.165) is 15.6 Å². The summed E-state index contributed by atoms with van der Waals surface area (Å²) in [5.41, 5.74) is 1.05. The monoisotopic (exact) mass is 374 g/mol. The third-order valence-corrected chi connectivity index (χ3v) is 4.85. The van der Waals surface area contributed by atoms with Crippen LogP contribution >= 0.6 is 27.3 Å². The summed E-state index contributed by atoms with van der Waals surface area (Å²) < 4.78 is 28.7. The molecule has 0 bridgehead atoms. The second kappa shape index (κ2) is 6.94. The predicted octanol–water partition coefficient (Wildman–Crippen LogP) is 4.69. The number of rotatable bonds is 5. The first kappa shape index (κ1) is 16.5. The van der Waals surface area contributed by atoms with Gasteiger partial charge in [-0.2, -0.15) is 0 Å². The fourth-order valence-corrected chi connectivity index (χ4v) is 3.59. The Hall–Kier alpha value is -0.850. The van der Waals surface area contributed by atoms with E-state index in [9.17, 15) is 8.78 Å². The van der Waals surface area contributed by atoms with Gasteiger partial charge in [0.1, 0.15) is 11.6 Å². The summed E-state index contributed by atoms with van der Waals surface area (Å²) in [4.78, 5) is 5.60. The molecule has 0 aliphatic rings. The van der Waals surface area contributed by atoms with E-state index in [0.29, 0.717) is 17.4 Å². The van der Waals surface area contributed by atoms with Gasteiger partial charge >= 0.3 is 0 Å². The van der Waals surface area contributed by atoms with Crippen molar-refractivity contribution in [2.24, 2.45) is 0 Å². The topological polar surface area (TPSA) is 24.9 Å². The number of hydrogen-bond donors (Lipinski definition) is 1. The fraction of sp³-hybridized carbons (Fsp3) is 0.400. The van der Waals surface area contributed by atoms with E-state index in [1.807, 2.05) is 20.8 Å². The minimum absolute atomic E-state index is 0.0746. The third kappa shape index (κ3) is 3.87. The van der Waals surface area contributed by atoms with Crippen molar-refractivity contribution in [2.45, 2.75) is 33.2 Å². The molecule has 0 spiro atoms. The van der Waals surface area contributed by atoms with Crippen molar-refractivity contribution < 1.29 is 8.78 Å². The van der Waals surface area contributed by atoms with Crippen LogP contribution in [0, 0.1) is 25.5 Å². The van der Waals surface area contributed by atoms with Crippen LogP contribution in [0.15, 0.2) is 16.6 Å². The first-order valence-corrected chi connectivity index (χ1v) is 8.34. The Morgan fingerprint density at radius 3 is 2.38 bits per heavy atom. The number of halogens is 3. The molecule has 1 heterocycles. The number of likely N-dealkylation sites (N-methyl/N-ethyl adjacent to an activating group) is 1. The maximum Gasteiger partial charge on any atom is 0.132 e. The zero-order valence-corrected chi connectivity index (χ0v) is 14.5. The first-order valence-electron chi connectivity index (χ1n) is 6.73. The molecule has 21 heavy (non-hydrogen) atoms. The second-order valence-electron chi connectivity index (χ2n) is 4.85. The van der Waals surface area contributed by atoms with Gasteiger partial charge in [-0.05, 0) is 32.5 Å². The Balaban J connectivity index is 2.35. The minimum Gasteiger partial charge on any atom is -0.310 e. The van der Waals surface area contributed by atoms with Crippen molar-refractivity contribution >= 4 is 27.3 Å². The van der Waals surface area contributed by atoms with E-state index in [4.69, 9.17) is 0 Å². The molecule has 0 radical (unpaired) electrons. The van der Waals surface area contributed by atoms with Crippen LogP contribution in [-0.2, 0) is 6.42 Å². The summed E-state index contributed by atoms with van der Waals surface area (Å²) in [6.45, 7) is 6.49. The van der Waals surface area contributed by atoms with Crippen LogP contribution in [0.25, 0.3) is 0 Å². The SMILES string of the molecule is CCNC(Cc1nc(C)c(C)s1)c1c(F)cc(Br)cc1F. The average molecular weight is 375 g/mol. The van der Waals surface area contributed by atoms with Gasteiger partial charge in [0.15, 0.2) is 0 Å². The van der Waals surface area contributed by atoms with Gasteiger partial charge in [0.05, 0.1) is 10.7 Å². The highest BCUT2D eigenvalue weighted by Gasteiger charge is 2.22. The number of nitrogens with zero attached hydrogens (tertiary/aromatic N) is 1. The molecule has 0 saturated carbocycles. The van der Waals surface area contributed by atoms with Gasteiger partial charge in [0.25, 0.3) is 0 Å². The van der Waals surface area contributed by atoms with Crippen molar-refractivity contribution in [1.29, 1.82) is 0 Å². The number of aromatic nitrogens is 1. The standard InChI is InChI=1S/C15H17BrF2N2S/c1-4-19-13(7-14-20-8(2)9(3)21-14)15-11(17)5-10(16)6-12(15)18/h5-6,13,19H,4,7H2,1-3H3. The number of aryl methyl sites for hydroxylation is 2. The normalized spacial score (nSPS) is 12.7. The van der Waals surface area contributed by atoms with E-state index >= 15 is 0 Å². The van der Waals surface area contributed by atoms with E-state index in [1.165, 1.54) is 12.1 Å². The number of benzene rings is 1. The molecule has 1 atom stereocenters. The van der Waals surface area contributed by atoms with Crippen LogP contribution in [-0.4, -0.2) is 11.5 Å². The molecule has 114 valence electrons. The van der Waals surface area contributed by atoms with Crippen LogP contribution in [0.4, 0.5) is 8.78 Å². The number of thiazole rings is 1. The van der Waals surface area contributed by atoms with E-state index < -0.39 is 17.7 Å². The molecule has 1 N–H and O–H groups in total. The molecule has 2 rings (SSSR count). The minimum atomic E-state index is -0.544. The second-order valence-corrected chi connectivity index (χ2v) is 7.05. The van der Waals surface area contributed by atoms with Gasteiger partial charge in [0.2, 0.25) is 0 Å². The van der Waals surface area contributed by atoms with Crippen LogP contribution in [0.5, 0.6) is 0 Å². The highest BCUT2D eigenvalue weighted by Crippen LogP contribution is 2.29. The Bertz CT molecular complexity index is 600. The van der Waals surface area contributed by atoms with Crippen LogP contribution in [0.3, 0.4) is 0 Å². The summed E-state index contributed by atoms with van der Waals surface area (Å²) in [7, 11) is 0. The lowest BCUT2D eigenvalue weighted by Crippen LogP contribution is -2.25. The highest BCUT2D eigenvalue weighted by atomic mass is 79.9. The maximum absolute atomic E-state index is 14.1. The lowest BCUT2D eigenvalue weighted by Gasteiger charge is -2.19. The molecule has 2 aromatic rings. The Kier molecular flexibility index (Phi) is 5.46. The quantitative estimate of drug-likeness (QED) is 0.820. The summed E-state index contributed by atoms with van der Waals surface area (Å²) in [6, 6.07) is 2.16. The van der Waals surface area contributed by atoms with Crippen molar-refractivity contribution in [3.8, 4) is 0 Å². The average Bonchev–Trinajstić information content (AvgIpc) is 2.67. The Labute approximate surface area is 135 Å². The molecule has 0 saturated heterocycles. The maximum atomic E-state index is 14.1. The fourth-order valence-electron chi connectivity index (χ4n) is 2.21. The lowest BCUT2D eigenvalue weighted by molar-refractivity contribution is 0.472. The molecule has 2 nitrogen and oxygen atoms in total. The summed E-state index contributed by atoms with van der Waals surface area (Å²) in [5, 5.41) is 4.04. The van der Waals surface area contributed by atoms with Gasteiger partial charge < -0.3 is 5.32 Å². The smallest absolute Gasteiger partial charge is 0.132 e. The third-order valence-electron chi connectivity index (χ3n) is 3.29. The van der Waals surface area contributed by atoms with Gasteiger partial charge in [0, 0.05) is 27.4 Å². The van der Waals surface area contributed by atoms with Gasteiger partial charge in [-0.1, -0.05) is 22.9 Å². The molecule has 1 aromatic carbocycles. The van der Waals surface area contributed by atoms with Crippen molar-refractivity contribution in [3.05, 3.63) is 49.4 Å². The molecule has 0 amide bonds. The predicted molar refractivity (Wildman–Crippen MR) is 85.8 cm³/mol. The highest BCUT2D eigenvalue weighted by molar-refractivity contribution is 9.10. The molecule has 1 aromatic heterocycles. The van der Waals surface area contributed by atoms with Crippen LogP contribution < -0.4 is 5.32 Å². The van der Waals surface area contributed by atoms with E-state index in [1.54, 1.807) is 11.3 Å². The van der Waals surface area contributed by atoms with Crippen molar-refractivity contribution in [2.75, 3.05) is 6.54 Å². The van der Waals surface area contributed by atoms with Crippen LogP contribution in [0.1, 0.15) is 34.1 Å². The van der Waals surface area contributed by atoms with Gasteiger partial charge in [-0.3, -0.25) is 0 Å². The van der Waals surface area contributed by atoms with Gasteiger partial charge in [-0.15, -0.1) is 11.3 Å². The molecule has 0 fully saturated rings. The first-order chi connectivity index (χ1) is 9.92. The van der Waals surface area contributed by atoms with Crippen molar-refractivity contribution in [3.63, 3.8) is 0 Å². The lowest BCUT2D eigenvalue weighted by atomic mass is 10.0. The molecule has 1 unspecified atom stereocenters. The molecule has 0 aliphatic heterocycles. The molecule has 6 heteroatoms. The zero-order valence-electron chi connectivity index (χ0n) is 12.1. The summed E-state index contributed by atoms with van der Waals surface area (Å²) in [6.07, 6.45) is 0.475. The van der Waals surface area contributed by atoms with Gasteiger partial charge in [-0.25, -0.2) is 13.8 Å². The molecule has 0 aliphatic carbocycles. The van der Waals surface area contributed by atoms with E-state index in [2.05, 4.69) is 26.2 Å². The number of nitrogens with one attached hydrogen (secondary N) is 1. The Morgan fingerprint density at radius 2 is 1.90 bits per heavy atom. The Morgan fingerprint density at radius 1 is 1.29 bits per heavy atom. The van der Waals surface area contributed by atoms with Crippen LogP contribution in [0.2, 0.25) is 0 Å².